The van der Waals surface area contributed by atoms with Crippen molar-refractivity contribution in [2.45, 2.75) is 45.7 Å². The lowest BCUT2D eigenvalue weighted by Crippen LogP contribution is -2.46. The molecule has 1 saturated carbocycles. The number of rotatable bonds is 6. The minimum Gasteiger partial charge on any atom is -0.494 e. The normalized spacial score (nSPS) is 23.4. The zero-order chi connectivity index (χ0) is 17.5. The van der Waals surface area contributed by atoms with Crippen LogP contribution < -0.4 is 10.1 Å². The van der Waals surface area contributed by atoms with Gasteiger partial charge in [-0.2, -0.15) is 0 Å². The van der Waals surface area contributed by atoms with Gasteiger partial charge in [0, 0.05) is 11.1 Å². The van der Waals surface area contributed by atoms with E-state index in [0.717, 1.165) is 12.8 Å². The van der Waals surface area contributed by atoms with Crippen molar-refractivity contribution in [3.8, 4) is 5.75 Å². The van der Waals surface area contributed by atoms with Crippen LogP contribution in [0.1, 0.15) is 49.5 Å². The Labute approximate surface area is 141 Å². The van der Waals surface area contributed by atoms with Crippen molar-refractivity contribution < 1.29 is 19.1 Å². The molecule has 0 unspecified atom stereocenters. The summed E-state index contributed by atoms with van der Waals surface area (Å²) in [6, 6.07) is 4.72. The molecular formula is C18H22N2O4. The quantitative estimate of drug-likeness (QED) is 0.642. The molecule has 0 bridgehead atoms. The molecule has 0 radical (unpaired) electrons. The van der Waals surface area contributed by atoms with Gasteiger partial charge in [0.25, 0.3) is 5.91 Å². The van der Waals surface area contributed by atoms with Crippen molar-refractivity contribution in [2.24, 2.45) is 5.92 Å². The highest BCUT2D eigenvalue weighted by Gasteiger charge is 2.55. The lowest BCUT2D eigenvalue weighted by molar-refractivity contribution is -0.131. The van der Waals surface area contributed by atoms with E-state index in [1.165, 1.54) is 11.8 Å². The largest absolute Gasteiger partial charge is 0.494 e. The number of Topliss-reactive ketones (excluding diaryl/α,β-unsaturated/α-hetero) is 1. The molecule has 6 nitrogen and oxygen atoms in total. The van der Waals surface area contributed by atoms with Gasteiger partial charge in [-0.25, -0.2) is 4.79 Å². The molecule has 1 aromatic rings. The average molecular weight is 330 g/mol. The van der Waals surface area contributed by atoms with Gasteiger partial charge in [-0.3, -0.25) is 14.5 Å². The first-order chi connectivity index (χ1) is 11.4. The smallest absolute Gasteiger partial charge is 0.325 e. The van der Waals surface area contributed by atoms with Crippen LogP contribution in [0, 0.1) is 5.92 Å². The highest BCUT2D eigenvalue weighted by atomic mass is 16.5. The van der Waals surface area contributed by atoms with Crippen molar-refractivity contribution in [1.82, 2.24) is 10.2 Å². The number of nitrogens with zero attached hydrogens (tertiary/aromatic N) is 1. The van der Waals surface area contributed by atoms with Crippen molar-refractivity contribution in [2.75, 3.05) is 6.61 Å². The Hall–Kier alpha value is -2.37. The van der Waals surface area contributed by atoms with Gasteiger partial charge in [-0.15, -0.1) is 0 Å². The van der Waals surface area contributed by atoms with Gasteiger partial charge in [0.2, 0.25) is 0 Å². The van der Waals surface area contributed by atoms with Crippen LogP contribution in [-0.2, 0) is 11.3 Å². The number of amides is 3. The molecule has 128 valence electrons. The topological polar surface area (TPSA) is 75.7 Å². The van der Waals surface area contributed by atoms with E-state index in [2.05, 4.69) is 5.32 Å². The summed E-state index contributed by atoms with van der Waals surface area (Å²) in [5.41, 5.74) is 0.389. The van der Waals surface area contributed by atoms with E-state index in [0.29, 0.717) is 23.5 Å². The van der Waals surface area contributed by atoms with E-state index in [9.17, 15) is 14.4 Å². The van der Waals surface area contributed by atoms with Gasteiger partial charge in [0.15, 0.2) is 5.78 Å². The number of benzene rings is 1. The maximum atomic E-state index is 12.7. The Morgan fingerprint density at radius 2 is 2.08 bits per heavy atom. The first-order valence-corrected chi connectivity index (χ1v) is 8.27. The number of ketones is 1. The lowest BCUT2D eigenvalue weighted by atomic mass is 9.96. The second kappa shape index (κ2) is 5.92. The highest BCUT2D eigenvalue weighted by molar-refractivity contribution is 6.07. The third kappa shape index (κ3) is 2.77. The molecule has 2 fully saturated rings. The molecule has 1 aliphatic heterocycles. The summed E-state index contributed by atoms with van der Waals surface area (Å²) < 4.78 is 5.58. The van der Waals surface area contributed by atoms with Crippen LogP contribution in [0.15, 0.2) is 18.2 Å². The number of nitrogens with one attached hydrogen (secondary N) is 1. The zero-order valence-electron chi connectivity index (χ0n) is 14.2. The van der Waals surface area contributed by atoms with Gasteiger partial charge in [-0.1, -0.05) is 0 Å². The van der Waals surface area contributed by atoms with Crippen LogP contribution in [-0.4, -0.2) is 34.8 Å². The van der Waals surface area contributed by atoms with Crippen molar-refractivity contribution in [3.63, 3.8) is 0 Å². The molecule has 1 aliphatic carbocycles. The molecule has 6 heteroatoms. The molecule has 1 heterocycles. The summed E-state index contributed by atoms with van der Waals surface area (Å²) in [4.78, 5) is 37.9. The number of urea groups is 1. The molecule has 0 spiro atoms. The second-order valence-electron chi connectivity index (χ2n) is 6.61. The summed E-state index contributed by atoms with van der Waals surface area (Å²) in [6.45, 7) is 5.70. The van der Waals surface area contributed by atoms with E-state index >= 15 is 0 Å². The van der Waals surface area contributed by atoms with Crippen molar-refractivity contribution in [1.29, 1.82) is 0 Å². The Bertz CT molecular complexity index is 711. The Kier molecular flexibility index (Phi) is 4.07. The van der Waals surface area contributed by atoms with E-state index in [1.54, 1.807) is 25.1 Å². The fourth-order valence-electron chi connectivity index (χ4n) is 3.19. The minimum atomic E-state index is -0.805. The van der Waals surface area contributed by atoms with Gasteiger partial charge in [-0.05, 0) is 57.7 Å². The molecule has 1 atom stereocenters. The highest BCUT2D eigenvalue weighted by Crippen LogP contribution is 2.43. The maximum Gasteiger partial charge on any atom is 0.325 e. The third-order valence-corrected chi connectivity index (χ3v) is 4.79. The standard InChI is InChI=1S/C18H22N2O4/c1-4-24-15-8-5-12(11(2)21)9-13(15)10-20-16(22)18(3,14-6-7-14)19-17(20)23/h5,8-9,14H,4,6-7,10H2,1-3H3,(H,19,23)/t18-/m0/s1. The van der Waals surface area contributed by atoms with Gasteiger partial charge >= 0.3 is 6.03 Å². The number of carbonyl (C=O) groups excluding carboxylic acids is 3. The number of hydrogen-bond acceptors (Lipinski definition) is 4. The van der Waals surface area contributed by atoms with Crippen LogP contribution in [0.5, 0.6) is 5.75 Å². The van der Waals surface area contributed by atoms with Gasteiger partial charge in [0.05, 0.1) is 13.2 Å². The Balaban J connectivity index is 1.89. The summed E-state index contributed by atoms with van der Waals surface area (Å²) in [5, 5.41) is 2.83. The van der Waals surface area contributed by atoms with Crippen molar-refractivity contribution in [3.05, 3.63) is 29.3 Å². The Morgan fingerprint density at radius 3 is 2.67 bits per heavy atom. The summed E-state index contributed by atoms with van der Waals surface area (Å²) in [6.07, 6.45) is 1.92. The number of ether oxygens (including phenoxy) is 1. The molecular weight excluding hydrogens is 308 g/mol. The minimum absolute atomic E-state index is 0.0701. The van der Waals surface area contributed by atoms with E-state index < -0.39 is 5.54 Å². The van der Waals surface area contributed by atoms with Gasteiger partial charge < -0.3 is 10.1 Å². The molecule has 3 amide bonds. The van der Waals surface area contributed by atoms with Crippen molar-refractivity contribution >= 4 is 17.7 Å². The summed E-state index contributed by atoms with van der Waals surface area (Å²) >= 11 is 0. The molecule has 0 aromatic heterocycles. The fourth-order valence-corrected chi connectivity index (χ4v) is 3.19. The zero-order valence-corrected chi connectivity index (χ0v) is 14.2. The van der Waals surface area contributed by atoms with Crippen LogP contribution in [0.4, 0.5) is 4.79 Å². The van der Waals surface area contributed by atoms with Gasteiger partial charge in [0.1, 0.15) is 11.3 Å². The number of hydrogen-bond donors (Lipinski definition) is 1. The SMILES string of the molecule is CCOc1ccc(C(C)=O)cc1CN1C(=O)N[C@@](C)(C2CC2)C1=O. The fraction of sp³-hybridized carbons (Fsp3) is 0.500. The van der Waals surface area contributed by atoms with Crippen LogP contribution >= 0.6 is 0 Å². The molecule has 24 heavy (non-hydrogen) atoms. The summed E-state index contributed by atoms with van der Waals surface area (Å²) in [5.74, 6) is 0.530. The average Bonchev–Trinajstić information content (AvgIpc) is 3.35. The maximum absolute atomic E-state index is 12.7. The Morgan fingerprint density at radius 1 is 1.38 bits per heavy atom. The monoisotopic (exact) mass is 330 g/mol. The summed E-state index contributed by atoms with van der Waals surface area (Å²) in [7, 11) is 0. The molecule has 1 aromatic carbocycles. The lowest BCUT2D eigenvalue weighted by Gasteiger charge is -2.21. The first kappa shape index (κ1) is 16.5. The molecule has 1 N–H and O–H groups in total. The second-order valence-corrected chi connectivity index (χ2v) is 6.61. The van der Waals surface area contributed by atoms with E-state index in [-0.39, 0.29) is 30.2 Å². The van der Waals surface area contributed by atoms with Crippen LogP contribution in [0.3, 0.4) is 0 Å². The van der Waals surface area contributed by atoms with Crippen LogP contribution in [0.2, 0.25) is 0 Å². The molecule has 1 saturated heterocycles. The molecule has 2 aliphatic rings. The van der Waals surface area contributed by atoms with Crippen LogP contribution in [0.25, 0.3) is 0 Å². The predicted octanol–water partition coefficient (Wildman–Crippen LogP) is 2.51. The van der Waals surface area contributed by atoms with E-state index in [1.807, 2.05) is 6.92 Å². The first-order valence-electron chi connectivity index (χ1n) is 8.27. The third-order valence-electron chi connectivity index (χ3n) is 4.79. The number of imide groups is 1. The number of carbonyl (C=O) groups is 3. The predicted molar refractivity (Wildman–Crippen MR) is 87.8 cm³/mol. The van der Waals surface area contributed by atoms with E-state index in [4.69, 9.17) is 4.74 Å². The molecule has 3 rings (SSSR count).